The molecule has 1 N–H and O–H groups in total. The number of benzene rings is 1. The molecule has 0 unspecified atom stereocenters. The van der Waals surface area contributed by atoms with Crippen molar-refractivity contribution in [3.63, 3.8) is 0 Å². The van der Waals surface area contributed by atoms with Gasteiger partial charge in [-0.15, -0.1) is 5.10 Å². The maximum atomic E-state index is 12.2. The Balaban J connectivity index is 1.50. The van der Waals surface area contributed by atoms with E-state index in [1.54, 1.807) is 4.68 Å². The van der Waals surface area contributed by atoms with E-state index in [1.807, 2.05) is 44.2 Å². The van der Waals surface area contributed by atoms with E-state index in [4.69, 9.17) is 16.6 Å². The number of rotatable bonds is 5. The van der Waals surface area contributed by atoms with Crippen molar-refractivity contribution in [1.82, 2.24) is 20.0 Å². The van der Waals surface area contributed by atoms with E-state index in [2.05, 4.69) is 15.3 Å². The van der Waals surface area contributed by atoms with Crippen molar-refractivity contribution in [3.8, 4) is 0 Å². The van der Waals surface area contributed by atoms with Crippen LogP contribution < -0.4 is 5.32 Å². The van der Waals surface area contributed by atoms with Crippen molar-refractivity contribution in [2.45, 2.75) is 45.3 Å². The molecule has 7 heteroatoms. The number of amides is 1. The van der Waals surface area contributed by atoms with E-state index < -0.39 is 0 Å². The van der Waals surface area contributed by atoms with Crippen LogP contribution in [0.3, 0.4) is 0 Å². The van der Waals surface area contributed by atoms with Gasteiger partial charge in [-0.2, -0.15) is 0 Å². The van der Waals surface area contributed by atoms with Crippen LogP contribution in [0.15, 0.2) is 34.7 Å². The minimum absolute atomic E-state index is 0.000606. The van der Waals surface area contributed by atoms with Crippen LogP contribution in [0, 0.1) is 4.84 Å². The van der Waals surface area contributed by atoms with Crippen molar-refractivity contribution in [2.75, 3.05) is 13.1 Å². The third kappa shape index (κ3) is 4.55. The molecule has 0 bridgehead atoms. The third-order valence-corrected chi connectivity index (χ3v) is 4.70. The predicted octanol–water partition coefficient (Wildman–Crippen LogP) is 3.18. The van der Waals surface area contributed by atoms with Crippen LogP contribution >= 0.6 is 12.2 Å². The van der Waals surface area contributed by atoms with E-state index >= 15 is 0 Å². The first kappa shape index (κ1) is 17.8. The van der Waals surface area contributed by atoms with Gasteiger partial charge in [0.15, 0.2) is 0 Å². The van der Waals surface area contributed by atoms with Gasteiger partial charge >= 0.3 is 0 Å². The second kappa shape index (κ2) is 7.93. The quantitative estimate of drug-likeness (QED) is 0.830. The van der Waals surface area contributed by atoms with Crippen LogP contribution in [0.4, 0.5) is 0 Å². The number of likely N-dealkylation sites (tertiary alicyclic amines) is 1. The van der Waals surface area contributed by atoms with E-state index in [9.17, 15) is 4.79 Å². The molecule has 0 aliphatic carbocycles. The monoisotopic (exact) mass is 360 g/mol. The van der Waals surface area contributed by atoms with Crippen LogP contribution in [-0.4, -0.2) is 39.7 Å². The van der Waals surface area contributed by atoms with Gasteiger partial charge in [-0.1, -0.05) is 32.0 Å². The highest BCUT2D eigenvalue weighted by molar-refractivity contribution is 7.71. The first-order valence-corrected chi connectivity index (χ1v) is 9.10. The van der Waals surface area contributed by atoms with Crippen LogP contribution in [-0.2, 0) is 6.67 Å². The topological polar surface area (TPSA) is 63.3 Å². The second-order valence-corrected chi connectivity index (χ2v) is 7.08. The van der Waals surface area contributed by atoms with Gasteiger partial charge in [0.1, 0.15) is 0 Å². The molecule has 1 fully saturated rings. The Kier molecular flexibility index (Phi) is 5.65. The smallest absolute Gasteiger partial charge is 0.288 e. The summed E-state index contributed by atoms with van der Waals surface area (Å²) >= 11 is 5.25. The van der Waals surface area contributed by atoms with Gasteiger partial charge in [-0.05, 0) is 37.2 Å². The summed E-state index contributed by atoms with van der Waals surface area (Å²) in [7, 11) is 0. The van der Waals surface area contributed by atoms with Crippen molar-refractivity contribution in [3.05, 3.63) is 46.6 Å². The van der Waals surface area contributed by atoms with Crippen LogP contribution in [0.5, 0.6) is 0 Å². The summed E-state index contributed by atoms with van der Waals surface area (Å²) in [6.45, 7) is 6.49. The number of nitrogens with one attached hydrogen (secondary N) is 1. The number of carbonyl (C=O) groups excluding carboxylic acids is 1. The zero-order valence-electron chi connectivity index (χ0n) is 14.6. The minimum Gasteiger partial charge on any atom is -0.414 e. The summed E-state index contributed by atoms with van der Waals surface area (Å²) < 4.78 is 7.27. The normalized spacial score (nSPS) is 16.3. The molecule has 0 spiro atoms. The van der Waals surface area contributed by atoms with E-state index in [0.717, 1.165) is 25.9 Å². The summed E-state index contributed by atoms with van der Waals surface area (Å²) in [5.74, 6) is 0.899. The largest absolute Gasteiger partial charge is 0.414 e. The minimum atomic E-state index is -0.000606. The van der Waals surface area contributed by atoms with E-state index in [-0.39, 0.29) is 17.9 Å². The molecular formula is C18H24N4O2S. The molecule has 6 nitrogen and oxygen atoms in total. The number of piperidine rings is 1. The lowest BCUT2D eigenvalue weighted by atomic mass is 10.0. The van der Waals surface area contributed by atoms with Crippen molar-refractivity contribution in [2.24, 2.45) is 0 Å². The average molecular weight is 360 g/mol. The highest BCUT2D eigenvalue weighted by Gasteiger charge is 2.22. The molecule has 134 valence electrons. The molecule has 0 radical (unpaired) electrons. The van der Waals surface area contributed by atoms with Crippen LogP contribution in [0.25, 0.3) is 0 Å². The maximum absolute atomic E-state index is 12.2. The summed E-state index contributed by atoms with van der Waals surface area (Å²) in [6, 6.07) is 9.55. The van der Waals surface area contributed by atoms with Crippen molar-refractivity contribution < 1.29 is 9.21 Å². The fourth-order valence-corrected chi connectivity index (χ4v) is 3.10. The lowest BCUT2D eigenvalue weighted by Gasteiger charge is -2.31. The second-order valence-electron chi connectivity index (χ2n) is 6.73. The average Bonchev–Trinajstić information content (AvgIpc) is 2.98. The first-order valence-electron chi connectivity index (χ1n) is 8.69. The van der Waals surface area contributed by atoms with Crippen LogP contribution in [0.2, 0.25) is 0 Å². The molecule has 3 rings (SSSR count). The zero-order valence-corrected chi connectivity index (χ0v) is 15.5. The molecule has 1 aromatic heterocycles. The zero-order chi connectivity index (χ0) is 17.8. The molecule has 0 atom stereocenters. The Morgan fingerprint density at radius 3 is 2.60 bits per heavy atom. The lowest BCUT2D eigenvalue weighted by molar-refractivity contribution is 0.0895. The van der Waals surface area contributed by atoms with Gasteiger partial charge in [-0.3, -0.25) is 9.69 Å². The Morgan fingerprint density at radius 1 is 1.32 bits per heavy atom. The Bertz CT molecular complexity index is 761. The Labute approximate surface area is 152 Å². The number of aromatic nitrogens is 2. The first-order chi connectivity index (χ1) is 12.0. The molecule has 25 heavy (non-hydrogen) atoms. The number of nitrogens with zero attached hydrogens (tertiary/aromatic N) is 3. The van der Waals surface area contributed by atoms with Gasteiger partial charge in [0, 0.05) is 30.6 Å². The fraction of sp³-hybridized carbons (Fsp3) is 0.500. The Morgan fingerprint density at radius 2 is 2.00 bits per heavy atom. The fourth-order valence-electron chi connectivity index (χ4n) is 2.91. The highest BCUT2D eigenvalue weighted by Crippen LogP contribution is 2.15. The molecule has 1 aliphatic rings. The van der Waals surface area contributed by atoms with Gasteiger partial charge in [0.05, 0.1) is 6.67 Å². The van der Waals surface area contributed by atoms with Gasteiger partial charge in [0.2, 0.25) is 5.89 Å². The van der Waals surface area contributed by atoms with Crippen molar-refractivity contribution in [1.29, 1.82) is 0 Å². The highest BCUT2D eigenvalue weighted by atomic mass is 32.1. The maximum Gasteiger partial charge on any atom is 0.288 e. The summed E-state index contributed by atoms with van der Waals surface area (Å²) in [4.78, 5) is 14.9. The number of hydrogen-bond donors (Lipinski definition) is 1. The Hall–Kier alpha value is -1.99. The summed E-state index contributed by atoms with van der Waals surface area (Å²) in [5.41, 5.74) is 0.708. The third-order valence-electron chi connectivity index (χ3n) is 4.41. The molecule has 2 aromatic rings. The van der Waals surface area contributed by atoms with E-state index in [0.29, 0.717) is 23.0 Å². The summed E-state index contributed by atoms with van der Waals surface area (Å²) in [5, 5.41) is 7.57. The lowest BCUT2D eigenvalue weighted by Crippen LogP contribution is -2.45. The molecule has 1 amide bonds. The van der Waals surface area contributed by atoms with Gasteiger partial charge in [-0.25, -0.2) is 4.68 Å². The molecule has 1 aliphatic heterocycles. The summed E-state index contributed by atoms with van der Waals surface area (Å²) in [6.07, 6.45) is 1.83. The standard InChI is InChI=1S/C18H24N4O2S/c1-13(2)17-20-22(18(25)24-17)12-21-10-8-15(9-11-21)19-16(23)14-6-4-3-5-7-14/h3-7,13,15H,8-12H2,1-2H3,(H,19,23). The predicted molar refractivity (Wildman–Crippen MR) is 97.9 cm³/mol. The van der Waals surface area contributed by atoms with Gasteiger partial charge in [0.25, 0.3) is 10.7 Å². The SMILES string of the molecule is CC(C)c1nn(CN2CCC(NC(=O)c3ccccc3)CC2)c(=S)o1. The molecular weight excluding hydrogens is 336 g/mol. The van der Waals surface area contributed by atoms with E-state index in [1.165, 1.54) is 0 Å². The van der Waals surface area contributed by atoms with Crippen molar-refractivity contribution >= 4 is 18.1 Å². The molecule has 1 aromatic carbocycles. The molecule has 2 heterocycles. The van der Waals surface area contributed by atoms with Crippen LogP contribution in [0.1, 0.15) is 48.9 Å². The molecule has 0 saturated carbocycles. The number of hydrogen-bond acceptors (Lipinski definition) is 5. The van der Waals surface area contributed by atoms with Gasteiger partial charge < -0.3 is 9.73 Å². The number of carbonyl (C=O) groups is 1. The molecule has 1 saturated heterocycles.